The van der Waals surface area contributed by atoms with Gasteiger partial charge in [0, 0.05) is 11.3 Å². The molecule has 0 saturated carbocycles. The predicted octanol–water partition coefficient (Wildman–Crippen LogP) is 4.95. The van der Waals surface area contributed by atoms with Crippen LogP contribution >= 0.6 is 0 Å². The second-order valence-electron chi connectivity index (χ2n) is 8.89. The van der Waals surface area contributed by atoms with Gasteiger partial charge in [-0.15, -0.1) is 0 Å². The van der Waals surface area contributed by atoms with Gasteiger partial charge in [0.2, 0.25) is 0 Å². The number of carbonyl (C=O) groups excluding carboxylic acids is 2. The number of nitrogens with one attached hydrogen (secondary N) is 1. The summed E-state index contributed by atoms with van der Waals surface area (Å²) < 4.78 is 32.5. The summed E-state index contributed by atoms with van der Waals surface area (Å²) in [7, 11) is 1.17. The molecule has 2 unspecified atom stereocenters. The highest BCUT2D eigenvalue weighted by atomic mass is 19.1. The molecule has 3 aromatic rings. The Hall–Kier alpha value is -4.60. The van der Waals surface area contributed by atoms with E-state index in [2.05, 4.69) is 15.2 Å². The molecule has 2 N–H and O–H groups in total. The third kappa shape index (κ3) is 4.84. The summed E-state index contributed by atoms with van der Waals surface area (Å²) in [5.74, 6) is -5.64. The highest BCUT2D eigenvalue weighted by molar-refractivity contribution is 6.08. The molecule has 0 fully saturated rings. The highest BCUT2D eigenvalue weighted by Crippen LogP contribution is 2.37. The van der Waals surface area contributed by atoms with Crippen molar-refractivity contribution in [3.63, 3.8) is 0 Å². The van der Waals surface area contributed by atoms with Gasteiger partial charge in [0.15, 0.2) is 0 Å². The van der Waals surface area contributed by atoms with Crippen LogP contribution in [0.4, 0.5) is 14.5 Å². The zero-order chi connectivity index (χ0) is 27.6. The van der Waals surface area contributed by atoms with Gasteiger partial charge >= 0.3 is 11.9 Å². The maximum Gasteiger partial charge on any atom is 0.352 e. The molecular formula is C28H24F2N2O6. The molecule has 38 heavy (non-hydrogen) atoms. The average molecular weight is 523 g/mol. The summed E-state index contributed by atoms with van der Waals surface area (Å²) in [4.78, 5) is 41.7. The van der Waals surface area contributed by atoms with Crippen LogP contribution in [0, 0.1) is 24.5 Å². The van der Waals surface area contributed by atoms with Crippen LogP contribution in [0.25, 0.3) is 11.1 Å². The summed E-state index contributed by atoms with van der Waals surface area (Å²) in [6.45, 7) is 3.52. The number of anilines is 1. The number of methoxy groups -OCH3 is 1. The van der Waals surface area contributed by atoms with Crippen molar-refractivity contribution in [1.82, 2.24) is 0 Å². The van der Waals surface area contributed by atoms with Crippen LogP contribution < -0.4 is 5.32 Å². The van der Waals surface area contributed by atoms with Gasteiger partial charge in [0.25, 0.3) is 11.5 Å². The third-order valence-electron chi connectivity index (χ3n) is 6.59. The number of carboxylic acid groups (broad SMARTS) is 1. The molecule has 10 heteroatoms. The van der Waals surface area contributed by atoms with E-state index in [1.807, 2.05) is 19.1 Å². The van der Waals surface area contributed by atoms with E-state index >= 15 is 0 Å². The highest BCUT2D eigenvalue weighted by Gasteiger charge is 2.55. The van der Waals surface area contributed by atoms with Crippen molar-refractivity contribution < 1.29 is 37.8 Å². The first-order chi connectivity index (χ1) is 18.1. The third-order valence-corrected chi connectivity index (χ3v) is 6.59. The van der Waals surface area contributed by atoms with E-state index in [0.717, 1.165) is 28.8 Å². The van der Waals surface area contributed by atoms with Gasteiger partial charge in [-0.3, -0.25) is 9.59 Å². The minimum atomic E-state index is -1.88. The van der Waals surface area contributed by atoms with E-state index in [4.69, 9.17) is 4.84 Å². The van der Waals surface area contributed by atoms with Crippen LogP contribution in [-0.2, 0) is 19.2 Å². The number of benzene rings is 3. The lowest BCUT2D eigenvalue weighted by Crippen LogP contribution is -2.47. The van der Waals surface area contributed by atoms with Crippen molar-refractivity contribution in [2.45, 2.75) is 25.9 Å². The van der Waals surface area contributed by atoms with Crippen LogP contribution in [-0.4, -0.2) is 41.4 Å². The van der Waals surface area contributed by atoms with Gasteiger partial charge in [-0.05, 0) is 53.9 Å². The van der Waals surface area contributed by atoms with Crippen molar-refractivity contribution in [2.24, 2.45) is 11.1 Å². The molecule has 3 aromatic carbocycles. The largest absolute Gasteiger partial charge is 0.478 e. The summed E-state index contributed by atoms with van der Waals surface area (Å²) in [6, 6.07) is 15.3. The number of ether oxygens (including phenoxy) is 1. The first kappa shape index (κ1) is 26.5. The molecular weight excluding hydrogens is 498 g/mol. The van der Waals surface area contributed by atoms with Crippen LogP contribution in [0.3, 0.4) is 0 Å². The molecule has 0 spiro atoms. The normalized spacial score (nSPS) is 18.3. The van der Waals surface area contributed by atoms with Crippen LogP contribution in [0.1, 0.15) is 34.8 Å². The summed E-state index contributed by atoms with van der Waals surface area (Å²) in [5.41, 5.74) is 1.24. The number of aliphatic carboxylic acids is 1. The average Bonchev–Trinajstić information content (AvgIpc) is 3.21. The Morgan fingerprint density at radius 2 is 1.68 bits per heavy atom. The van der Waals surface area contributed by atoms with E-state index in [-0.39, 0.29) is 0 Å². The second kappa shape index (κ2) is 10.4. The molecule has 1 amide bonds. The van der Waals surface area contributed by atoms with E-state index in [9.17, 15) is 28.3 Å². The number of esters is 1. The standard InChI is InChI=1S/C28H24F2N2O6/c1-15-7-8-18(25-16(2)28(27(35)36,38-32-25)14-23(33)37-3)13-20(15)17-9-11-19(12-10-17)31-26(34)24-21(29)5-4-6-22(24)30/h4-13,16H,14H2,1-3H3,(H,31,34)(H,35,36). The summed E-state index contributed by atoms with van der Waals surface area (Å²) in [6.07, 6.45) is -0.504. The van der Waals surface area contributed by atoms with E-state index < -0.39 is 53.0 Å². The van der Waals surface area contributed by atoms with Gasteiger partial charge in [-0.2, -0.15) is 0 Å². The Kier molecular flexibility index (Phi) is 7.25. The topological polar surface area (TPSA) is 114 Å². The molecule has 1 aliphatic rings. The Labute approximate surface area is 216 Å². The van der Waals surface area contributed by atoms with Crippen LogP contribution in [0.5, 0.6) is 0 Å². The molecule has 1 heterocycles. The number of rotatable bonds is 7. The molecule has 0 aliphatic carbocycles. The monoisotopic (exact) mass is 522 g/mol. The predicted molar refractivity (Wildman–Crippen MR) is 135 cm³/mol. The molecule has 0 radical (unpaired) electrons. The summed E-state index contributed by atoms with van der Waals surface area (Å²) >= 11 is 0. The molecule has 0 aromatic heterocycles. The van der Waals surface area contributed by atoms with Crippen molar-refractivity contribution in [3.8, 4) is 11.1 Å². The molecule has 0 bridgehead atoms. The Morgan fingerprint density at radius 3 is 2.29 bits per heavy atom. The van der Waals surface area contributed by atoms with Crippen LogP contribution in [0.2, 0.25) is 0 Å². The number of aryl methyl sites for hydroxylation is 1. The molecule has 196 valence electrons. The second-order valence-corrected chi connectivity index (χ2v) is 8.89. The van der Waals surface area contributed by atoms with E-state index in [1.54, 1.807) is 37.3 Å². The SMILES string of the molecule is COC(=O)CC1(C(=O)O)ON=C(c2ccc(C)c(-c3ccc(NC(=O)c4c(F)cccc4F)cc3)c2)C1C. The number of halogens is 2. The molecule has 0 saturated heterocycles. The number of nitrogens with zero attached hydrogens (tertiary/aromatic N) is 1. The molecule has 4 rings (SSSR count). The quantitative estimate of drug-likeness (QED) is 0.425. The Bertz CT molecular complexity index is 1430. The maximum absolute atomic E-state index is 13.9. The van der Waals surface area contributed by atoms with Gasteiger partial charge in [-0.25, -0.2) is 13.6 Å². The van der Waals surface area contributed by atoms with Crippen molar-refractivity contribution in [3.05, 3.63) is 89.0 Å². The lowest BCUT2D eigenvalue weighted by atomic mass is 9.80. The molecule has 2 atom stereocenters. The van der Waals surface area contributed by atoms with E-state index in [1.165, 1.54) is 13.2 Å². The fourth-order valence-corrected chi connectivity index (χ4v) is 4.32. The van der Waals surface area contributed by atoms with Crippen molar-refractivity contribution in [2.75, 3.05) is 12.4 Å². The minimum Gasteiger partial charge on any atom is -0.478 e. The number of oxime groups is 1. The lowest BCUT2D eigenvalue weighted by molar-refractivity contribution is -0.174. The number of hydrogen-bond donors (Lipinski definition) is 2. The van der Waals surface area contributed by atoms with Gasteiger partial charge in [-0.1, -0.05) is 42.4 Å². The number of amides is 1. The number of carbonyl (C=O) groups is 3. The lowest BCUT2D eigenvalue weighted by Gasteiger charge is -2.25. The van der Waals surface area contributed by atoms with Crippen molar-refractivity contribution >= 4 is 29.2 Å². The maximum atomic E-state index is 13.9. The fourth-order valence-electron chi connectivity index (χ4n) is 4.32. The van der Waals surface area contributed by atoms with E-state index in [0.29, 0.717) is 17.0 Å². The minimum absolute atomic E-state index is 0.339. The van der Waals surface area contributed by atoms with Gasteiger partial charge < -0.3 is 20.0 Å². The molecule has 8 nitrogen and oxygen atoms in total. The zero-order valence-corrected chi connectivity index (χ0v) is 20.7. The first-order valence-corrected chi connectivity index (χ1v) is 11.6. The number of hydrogen-bond acceptors (Lipinski definition) is 6. The summed E-state index contributed by atoms with van der Waals surface area (Å²) in [5, 5.41) is 16.3. The van der Waals surface area contributed by atoms with Crippen LogP contribution in [0.15, 0.2) is 65.8 Å². The fraction of sp³-hybridized carbons (Fsp3) is 0.214. The zero-order valence-electron chi connectivity index (χ0n) is 20.7. The Balaban J connectivity index is 1.58. The van der Waals surface area contributed by atoms with Gasteiger partial charge in [0.05, 0.1) is 25.2 Å². The first-order valence-electron chi connectivity index (χ1n) is 11.6. The smallest absolute Gasteiger partial charge is 0.352 e. The van der Waals surface area contributed by atoms with Crippen molar-refractivity contribution in [1.29, 1.82) is 0 Å². The number of carboxylic acids is 1. The molecule has 1 aliphatic heterocycles. The Morgan fingerprint density at radius 1 is 1.05 bits per heavy atom. The van der Waals surface area contributed by atoms with Gasteiger partial charge in [0.1, 0.15) is 17.2 Å².